The molecule has 1 aliphatic rings. The molecule has 1 aliphatic heterocycles. The molecule has 0 aromatic heterocycles. The molecule has 0 fully saturated rings. The summed E-state index contributed by atoms with van der Waals surface area (Å²) in [6.07, 6.45) is -0.736. The Kier molecular flexibility index (Phi) is 5.85. The van der Waals surface area contributed by atoms with E-state index in [1.165, 1.54) is 0 Å². The number of benzene rings is 2. The summed E-state index contributed by atoms with van der Waals surface area (Å²) in [6.45, 7) is 1.55. The Morgan fingerprint density at radius 2 is 1.96 bits per heavy atom. The normalized spacial score (nSPS) is 13.8. The van der Waals surface area contributed by atoms with Gasteiger partial charge >= 0.3 is 0 Å². The Morgan fingerprint density at radius 3 is 2.73 bits per heavy atom. The molecule has 3 rings (SSSR count). The van der Waals surface area contributed by atoms with Gasteiger partial charge in [-0.05, 0) is 24.3 Å². The molecule has 0 saturated carbocycles. The lowest BCUT2D eigenvalue weighted by atomic mass is 10.2. The number of anilines is 1. The molecule has 2 N–H and O–H groups in total. The van der Waals surface area contributed by atoms with Gasteiger partial charge in [0.2, 0.25) is 0 Å². The maximum absolute atomic E-state index is 12.1. The molecule has 1 atom stereocenters. The SMILES string of the molecule is CN(CC(O)CNC(=O)c1ccccc1Cl)c1ccc2c(c1)OCCO2. The predicted octanol–water partition coefficient (Wildman–Crippen LogP) is 2.34. The van der Waals surface area contributed by atoms with Crippen LogP contribution in [0.1, 0.15) is 10.4 Å². The number of halogens is 1. The number of amides is 1. The highest BCUT2D eigenvalue weighted by Gasteiger charge is 2.16. The van der Waals surface area contributed by atoms with Gasteiger partial charge in [-0.1, -0.05) is 23.7 Å². The van der Waals surface area contributed by atoms with Gasteiger partial charge in [0.1, 0.15) is 13.2 Å². The molecule has 2 aromatic rings. The van der Waals surface area contributed by atoms with Crippen molar-refractivity contribution in [3.63, 3.8) is 0 Å². The molecule has 0 radical (unpaired) electrons. The van der Waals surface area contributed by atoms with Crippen LogP contribution >= 0.6 is 11.6 Å². The van der Waals surface area contributed by atoms with Gasteiger partial charge < -0.3 is 24.8 Å². The third-order valence-corrected chi connectivity index (χ3v) is 4.40. The zero-order valence-electron chi connectivity index (χ0n) is 14.4. The number of aliphatic hydroxyl groups excluding tert-OH is 1. The molecule has 2 aromatic carbocycles. The molecule has 0 aliphatic carbocycles. The second-order valence-electron chi connectivity index (χ2n) is 6.05. The minimum atomic E-state index is -0.736. The number of nitrogens with one attached hydrogen (secondary N) is 1. The molecule has 6 nitrogen and oxygen atoms in total. The van der Waals surface area contributed by atoms with E-state index < -0.39 is 6.10 Å². The van der Waals surface area contributed by atoms with Crippen LogP contribution in [0, 0.1) is 0 Å². The van der Waals surface area contributed by atoms with Crippen LogP contribution in [0.4, 0.5) is 5.69 Å². The number of hydrogen-bond acceptors (Lipinski definition) is 5. The van der Waals surface area contributed by atoms with E-state index in [2.05, 4.69) is 5.32 Å². The first-order chi connectivity index (χ1) is 12.5. The monoisotopic (exact) mass is 376 g/mol. The summed E-state index contributed by atoms with van der Waals surface area (Å²) in [6, 6.07) is 12.4. The van der Waals surface area contributed by atoms with Crippen molar-refractivity contribution < 1.29 is 19.4 Å². The van der Waals surface area contributed by atoms with E-state index in [1.807, 2.05) is 30.1 Å². The van der Waals surface area contributed by atoms with Crippen molar-refractivity contribution in [3.05, 3.63) is 53.1 Å². The van der Waals surface area contributed by atoms with E-state index in [9.17, 15) is 9.90 Å². The molecule has 7 heteroatoms. The lowest BCUT2D eigenvalue weighted by Gasteiger charge is -2.25. The first-order valence-electron chi connectivity index (χ1n) is 8.36. The third kappa shape index (κ3) is 4.39. The van der Waals surface area contributed by atoms with E-state index in [4.69, 9.17) is 21.1 Å². The summed E-state index contributed by atoms with van der Waals surface area (Å²) in [5.41, 5.74) is 1.28. The molecule has 138 valence electrons. The Labute approximate surface area is 157 Å². The van der Waals surface area contributed by atoms with E-state index in [0.717, 1.165) is 11.4 Å². The van der Waals surface area contributed by atoms with Gasteiger partial charge in [0.05, 0.1) is 16.7 Å². The van der Waals surface area contributed by atoms with Crippen LogP contribution in [0.25, 0.3) is 0 Å². The fourth-order valence-corrected chi connectivity index (χ4v) is 2.93. The van der Waals surface area contributed by atoms with Crippen molar-refractivity contribution in [2.45, 2.75) is 6.10 Å². The number of nitrogens with zero attached hydrogens (tertiary/aromatic N) is 1. The molecule has 0 spiro atoms. The van der Waals surface area contributed by atoms with Gasteiger partial charge in [-0.15, -0.1) is 0 Å². The fraction of sp³-hybridized carbons (Fsp3) is 0.316. The molecule has 0 saturated heterocycles. The number of ether oxygens (including phenoxy) is 2. The first-order valence-corrected chi connectivity index (χ1v) is 8.74. The van der Waals surface area contributed by atoms with Gasteiger partial charge in [0.25, 0.3) is 5.91 Å². The van der Waals surface area contributed by atoms with Crippen LogP contribution < -0.4 is 19.7 Å². The minimum absolute atomic E-state index is 0.124. The molecule has 1 unspecified atom stereocenters. The zero-order chi connectivity index (χ0) is 18.5. The molecule has 1 amide bonds. The van der Waals surface area contributed by atoms with Crippen molar-refractivity contribution in [2.75, 3.05) is 38.3 Å². The average molecular weight is 377 g/mol. The predicted molar refractivity (Wildman–Crippen MR) is 100 cm³/mol. The van der Waals surface area contributed by atoms with Crippen LogP contribution in [0.5, 0.6) is 11.5 Å². The summed E-state index contributed by atoms with van der Waals surface area (Å²) >= 11 is 6.00. The van der Waals surface area contributed by atoms with E-state index in [1.54, 1.807) is 24.3 Å². The number of carbonyl (C=O) groups excluding carboxylic acids is 1. The smallest absolute Gasteiger partial charge is 0.252 e. The van der Waals surface area contributed by atoms with E-state index in [0.29, 0.717) is 36.1 Å². The number of likely N-dealkylation sites (N-methyl/N-ethyl adjacent to an activating group) is 1. The number of rotatable bonds is 6. The Hall–Kier alpha value is -2.44. The molecule has 0 bridgehead atoms. The van der Waals surface area contributed by atoms with Gasteiger partial charge in [0, 0.05) is 31.9 Å². The zero-order valence-corrected chi connectivity index (χ0v) is 15.2. The average Bonchev–Trinajstić information content (AvgIpc) is 2.66. The van der Waals surface area contributed by atoms with Crippen LogP contribution in [-0.2, 0) is 0 Å². The molecule has 26 heavy (non-hydrogen) atoms. The van der Waals surface area contributed by atoms with E-state index in [-0.39, 0.29) is 12.5 Å². The summed E-state index contributed by atoms with van der Waals surface area (Å²) < 4.78 is 11.1. The summed E-state index contributed by atoms with van der Waals surface area (Å²) in [5, 5.41) is 13.3. The maximum Gasteiger partial charge on any atom is 0.252 e. The standard InChI is InChI=1S/C19H21ClN2O4/c1-22(13-6-7-17-18(10-13)26-9-8-25-17)12-14(23)11-21-19(24)15-4-2-3-5-16(15)20/h2-7,10,14,23H,8-9,11-12H2,1H3,(H,21,24). The van der Waals surface area contributed by atoms with Gasteiger partial charge in [-0.25, -0.2) is 0 Å². The van der Waals surface area contributed by atoms with Gasteiger partial charge in [0.15, 0.2) is 11.5 Å². The van der Waals surface area contributed by atoms with Crippen LogP contribution in [0.2, 0.25) is 5.02 Å². The van der Waals surface area contributed by atoms with Gasteiger partial charge in [-0.3, -0.25) is 4.79 Å². The molecular formula is C19H21ClN2O4. The number of carbonyl (C=O) groups is 1. The van der Waals surface area contributed by atoms with Crippen molar-refractivity contribution in [1.29, 1.82) is 0 Å². The fourth-order valence-electron chi connectivity index (χ4n) is 2.71. The quantitative estimate of drug-likeness (QED) is 0.809. The van der Waals surface area contributed by atoms with E-state index >= 15 is 0 Å². The van der Waals surface area contributed by atoms with Gasteiger partial charge in [-0.2, -0.15) is 0 Å². The third-order valence-electron chi connectivity index (χ3n) is 4.07. The number of fused-ring (bicyclic) bond motifs is 1. The number of aliphatic hydroxyl groups is 1. The summed E-state index contributed by atoms with van der Waals surface area (Å²) in [4.78, 5) is 14.0. The maximum atomic E-state index is 12.1. The van der Waals surface area contributed by atoms with Crippen molar-refractivity contribution in [3.8, 4) is 11.5 Å². The highest BCUT2D eigenvalue weighted by molar-refractivity contribution is 6.33. The largest absolute Gasteiger partial charge is 0.486 e. The minimum Gasteiger partial charge on any atom is -0.486 e. The Morgan fingerprint density at radius 1 is 1.23 bits per heavy atom. The molecule has 1 heterocycles. The Bertz CT molecular complexity index is 784. The second-order valence-corrected chi connectivity index (χ2v) is 6.46. The van der Waals surface area contributed by atoms with Crippen LogP contribution in [0.15, 0.2) is 42.5 Å². The highest BCUT2D eigenvalue weighted by Crippen LogP contribution is 2.33. The number of hydrogen-bond donors (Lipinski definition) is 2. The lowest BCUT2D eigenvalue weighted by molar-refractivity contribution is 0.0919. The van der Waals surface area contributed by atoms with Crippen LogP contribution in [0.3, 0.4) is 0 Å². The van der Waals surface area contributed by atoms with Crippen molar-refractivity contribution in [1.82, 2.24) is 5.32 Å². The topological polar surface area (TPSA) is 71.0 Å². The lowest BCUT2D eigenvalue weighted by Crippen LogP contribution is -2.39. The summed E-state index contributed by atoms with van der Waals surface area (Å²) in [7, 11) is 1.87. The second kappa shape index (κ2) is 8.29. The summed E-state index contributed by atoms with van der Waals surface area (Å²) in [5.74, 6) is 1.11. The Balaban J connectivity index is 1.53. The van der Waals surface area contributed by atoms with Crippen molar-refractivity contribution in [2.24, 2.45) is 0 Å². The van der Waals surface area contributed by atoms with Crippen molar-refractivity contribution >= 4 is 23.2 Å². The highest BCUT2D eigenvalue weighted by atomic mass is 35.5. The van der Waals surface area contributed by atoms with Crippen LogP contribution in [-0.4, -0.2) is 50.5 Å². The first kappa shape index (κ1) is 18.4. The molecular weight excluding hydrogens is 356 g/mol.